The maximum atomic E-state index is 10.3. The number of para-hydroxylation sites is 2. The van der Waals surface area contributed by atoms with Crippen molar-refractivity contribution in [1.29, 1.82) is 0 Å². The van der Waals surface area contributed by atoms with Gasteiger partial charge in [0.2, 0.25) is 0 Å². The van der Waals surface area contributed by atoms with Gasteiger partial charge in [-0.15, -0.1) is 11.5 Å². The van der Waals surface area contributed by atoms with E-state index in [0.717, 1.165) is 0 Å². The average molecular weight is 259 g/mol. The molecule has 0 saturated carbocycles. The van der Waals surface area contributed by atoms with Gasteiger partial charge in [-0.3, -0.25) is 0 Å². The van der Waals surface area contributed by atoms with Crippen LogP contribution in [-0.4, -0.2) is 17.6 Å². The normalized spacial score (nSPS) is 8.00. The molecule has 0 unspecified atom stereocenters. The third-order valence-electron chi connectivity index (χ3n) is 1.49. The van der Waals surface area contributed by atoms with Crippen molar-refractivity contribution >= 4 is 17.6 Å². The molecule has 0 spiro atoms. The Labute approximate surface area is 100 Å². The van der Waals surface area contributed by atoms with Crippen molar-refractivity contribution in [3.8, 4) is 11.5 Å². The van der Waals surface area contributed by atoms with Crippen molar-refractivity contribution in [3.63, 3.8) is 0 Å². The molecule has 0 saturated heterocycles. The van der Waals surface area contributed by atoms with Gasteiger partial charge in [-0.2, -0.15) is 0 Å². The Kier molecular flexibility index (Phi) is 7.19. The van der Waals surface area contributed by atoms with E-state index in [1.165, 1.54) is 24.3 Å². The van der Waals surface area contributed by atoms with Crippen molar-refractivity contribution in [2.24, 2.45) is 0 Å². The van der Waals surface area contributed by atoms with Crippen LogP contribution in [0.4, 0.5) is 0 Å². The zero-order chi connectivity index (χ0) is 10.2. The first-order valence-corrected chi connectivity index (χ1v) is 4.23. The second kappa shape index (κ2) is 7.94. The molecule has 2 aromatic rings. The molecule has 15 heavy (non-hydrogen) atoms. The molecular weight excluding hydrogens is 249 g/mol. The topological polar surface area (TPSA) is 46.1 Å². The van der Waals surface area contributed by atoms with Crippen LogP contribution in [0.5, 0.6) is 11.5 Å². The Bertz CT molecular complexity index is 311. The first-order valence-electron chi connectivity index (χ1n) is 4.23. The smallest absolute Gasteiger partial charge is 0 e. The molecule has 2 nitrogen and oxygen atoms in total. The van der Waals surface area contributed by atoms with E-state index in [1.807, 2.05) is 12.1 Å². The molecule has 0 fully saturated rings. The van der Waals surface area contributed by atoms with Crippen LogP contribution < -0.4 is 10.2 Å². The van der Waals surface area contributed by atoms with E-state index in [-0.39, 0.29) is 29.1 Å². The molecule has 0 N–H and O–H groups in total. The zero-order valence-corrected chi connectivity index (χ0v) is 10.2. The van der Waals surface area contributed by atoms with Crippen LogP contribution in [0.2, 0.25) is 0 Å². The van der Waals surface area contributed by atoms with Gasteiger partial charge in [0.25, 0.3) is 0 Å². The number of benzene rings is 2. The zero-order valence-electron chi connectivity index (χ0n) is 8.09. The Morgan fingerprint density at radius 3 is 0.933 bits per heavy atom. The van der Waals surface area contributed by atoms with Crippen molar-refractivity contribution < 1.29 is 10.2 Å². The summed E-state index contributed by atoms with van der Waals surface area (Å²) in [6, 6.07) is 16.7. The molecule has 76 valence electrons. The summed E-state index contributed by atoms with van der Waals surface area (Å²) in [6.45, 7) is 0. The number of hydrogen-bond donors (Lipinski definition) is 0. The predicted octanol–water partition coefficient (Wildman–Crippen LogP) is 1.14. The van der Waals surface area contributed by atoms with Crippen LogP contribution in [0.1, 0.15) is 0 Å². The molecule has 0 heterocycles. The molecule has 2 rings (SSSR count). The van der Waals surface area contributed by atoms with Gasteiger partial charge in [0.05, 0.1) is 0 Å². The van der Waals surface area contributed by atoms with Gasteiger partial charge in [0, 0.05) is 17.6 Å². The second-order valence-electron chi connectivity index (χ2n) is 2.63. The number of hydrogen-bond acceptors (Lipinski definition) is 2. The van der Waals surface area contributed by atoms with Crippen LogP contribution in [0, 0.1) is 0 Å². The summed E-state index contributed by atoms with van der Waals surface area (Å²) in [6.07, 6.45) is 0. The minimum Gasteiger partial charge on any atom is -0.872 e. The second-order valence-corrected chi connectivity index (χ2v) is 2.63. The maximum Gasteiger partial charge on any atom is 0 e. The summed E-state index contributed by atoms with van der Waals surface area (Å²) in [4.78, 5) is 0. The van der Waals surface area contributed by atoms with Crippen LogP contribution >= 0.6 is 0 Å². The molecule has 0 aliphatic heterocycles. The van der Waals surface area contributed by atoms with E-state index in [1.54, 1.807) is 24.3 Å². The quantitative estimate of drug-likeness (QED) is 0.666. The first kappa shape index (κ1) is 13.6. The van der Waals surface area contributed by atoms with Crippen LogP contribution in [-0.2, 0) is 0 Å². The first-order chi connectivity index (χ1) is 6.79. The standard InChI is InChI=1S/2C6H6O.Ge/c2*7-6-4-2-1-3-5-6;/h2*1-5,7H;/p-2. The van der Waals surface area contributed by atoms with Crippen LogP contribution in [0.3, 0.4) is 0 Å². The van der Waals surface area contributed by atoms with E-state index in [9.17, 15) is 10.2 Å². The van der Waals surface area contributed by atoms with Crippen molar-refractivity contribution in [2.75, 3.05) is 0 Å². The molecule has 0 aromatic heterocycles. The van der Waals surface area contributed by atoms with E-state index in [4.69, 9.17) is 0 Å². The molecule has 2 aromatic carbocycles. The fraction of sp³-hybridized carbons (Fsp3) is 0. The average Bonchev–Trinajstić information content (AvgIpc) is 2.21. The summed E-state index contributed by atoms with van der Waals surface area (Å²) in [5.41, 5.74) is 0. The fourth-order valence-corrected chi connectivity index (χ4v) is 0.841. The van der Waals surface area contributed by atoms with Crippen molar-refractivity contribution in [2.45, 2.75) is 0 Å². The minimum absolute atomic E-state index is 0. The van der Waals surface area contributed by atoms with Gasteiger partial charge < -0.3 is 10.2 Å². The fourth-order valence-electron chi connectivity index (χ4n) is 0.841. The van der Waals surface area contributed by atoms with E-state index >= 15 is 0 Å². The van der Waals surface area contributed by atoms with E-state index in [2.05, 4.69) is 0 Å². The Morgan fingerprint density at radius 1 is 0.533 bits per heavy atom. The predicted molar refractivity (Wildman–Crippen MR) is 57.5 cm³/mol. The third kappa shape index (κ3) is 6.63. The summed E-state index contributed by atoms with van der Waals surface area (Å²) in [5.74, 6) is 0.144. The molecule has 0 aliphatic rings. The van der Waals surface area contributed by atoms with Gasteiger partial charge in [-0.1, -0.05) is 60.7 Å². The maximum absolute atomic E-state index is 10.3. The van der Waals surface area contributed by atoms with E-state index < -0.39 is 0 Å². The van der Waals surface area contributed by atoms with Gasteiger partial charge in [0.1, 0.15) is 0 Å². The van der Waals surface area contributed by atoms with Crippen LogP contribution in [0.25, 0.3) is 0 Å². The van der Waals surface area contributed by atoms with Gasteiger partial charge in [0.15, 0.2) is 0 Å². The van der Waals surface area contributed by atoms with Gasteiger partial charge in [-0.05, 0) is 0 Å². The molecule has 4 radical (unpaired) electrons. The summed E-state index contributed by atoms with van der Waals surface area (Å²) in [5, 5.41) is 20.5. The molecule has 3 heteroatoms. The molecule has 0 atom stereocenters. The molecule has 0 bridgehead atoms. The van der Waals surface area contributed by atoms with Gasteiger partial charge in [-0.25, -0.2) is 0 Å². The van der Waals surface area contributed by atoms with Gasteiger partial charge >= 0.3 is 0 Å². The molecule has 0 aliphatic carbocycles. The monoisotopic (exact) mass is 260 g/mol. The largest absolute Gasteiger partial charge is 0.872 e. The Hall–Kier alpha value is -1.42. The minimum atomic E-state index is 0. The molecule has 0 amide bonds. The number of rotatable bonds is 0. The van der Waals surface area contributed by atoms with Crippen molar-refractivity contribution in [1.82, 2.24) is 0 Å². The van der Waals surface area contributed by atoms with Crippen molar-refractivity contribution in [3.05, 3.63) is 60.7 Å². The molecular formula is C12H10GeO2-2. The van der Waals surface area contributed by atoms with Crippen LogP contribution in [0.15, 0.2) is 60.7 Å². The third-order valence-corrected chi connectivity index (χ3v) is 1.49. The summed E-state index contributed by atoms with van der Waals surface area (Å²) < 4.78 is 0. The van der Waals surface area contributed by atoms with E-state index in [0.29, 0.717) is 0 Å². The SMILES string of the molecule is [Ge].[O-]c1ccccc1.[O-]c1ccccc1. The Morgan fingerprint density at radius 2 is 0.800 bits per heavy atom. The summed E-state index contributed by atoms with van der Waals surface area (Å²) >= 11 is 0. The Balaban J connectivity index is 0.000000245. The summed E-state index contributed by atoms with van der Waals surface area (Å²) in [7, 11) is 0.